The van der Waals surface area contributed by atoms with E-state index in [0.29, 0.717) is 0 Å². The first-order valence-corrected chi connectivity index (χ1v) is 8.08. The predicted octanol–water partition coefficient (Wildman–Crippen LogP) is 6.16. The molecule has 108 valence electrons. The van der Waals surface area contributed by atoms with Crippen molar-refractivity contribution in [3.63, 3.8) is 0 Å². The Morgan fingerprint density at radius 3 is 2.55 bits per heavy atom. The zero-order valence-corrected chi connectivity index (χ0v) is 13.2. The third-order valence-corrected chi connectivity index (χ3v) is 4.88. The molecule has 4 rings (SSSR count). The molecule has 3 aromatic rings. The predicted molar refractivity (Wildman–Crippen MR) is 96.1 cm³/mol. The highest BCUT2D eigenvalue weighted by atomic mass is 14.2. The van der Waals surface area contributed by atoms with Crippen LogP contribution in [0.1, 0.15) is 30.0 Å². The fraction of sp³-hybridized carbons (Fsp3) is 0.182. The minimum Gasteiger partial charge on any atom is -0.0654 e. The van der Waals surface area contributed by atoms with Crippen molar-refractivity contribution in [2.45, 2.75) is 26.7 Å². The van der Waals surface area contributed by atoms with Gasteiger partial charge in [-0.15, -0.1) is 0 Å². The summed E-state index contributed by atoms with van der Waals surface area (Å²) in [5.74, 6) is 0. The maximum Gasteiger partial charge on any atom is -0.00551 e. The largest absolute Gasteiger partial charge is 0.0654 e. The smallest absolute Gasteiger partial charge is 0.00551 e. The Labute approximate surface area is 132 Å². The van der Waals surface area contributed by atoms with Gasteiger partial charge in [-0.05, 0) is 58.4 Å². The van der Waals surface area contributed by atoms with Crippen molar-refractivity contribution < 1.29 is 0 Å². The number of aryl methyl sites for hydroxylation is 1. The Morgan fingerprint density at radius 1 is 0.864 bits per heavy atom. The highest BCUT2D eigenvalue weighted by Gasteiger charge is 2.18. The van der Waals surface area contributed by atoms with Gasteiger partial charge in [0.2, 0.25) is 0 Å². The second kappa shape index (κ2) is 5.14. The SMILES string of the molecule is CCC1=Cc2c(-c3cccc4ccccc34)ccc(C)c2C1. The summed E-state index contributed by atoms with van der Waals surface area (Å²) in [6.07, 6.45) is 4.68. The molecule has 0 nitrogen and oxygen atoms in total. The zero-order chi connectivity index (χ0) is 15.1. The fourth-order valence-electron chi connectivity index (χ4n) is 3.58. The van der Waals surface area contributed by atoms with E-state index in [2.05, 4.69) is 74.5 Å². The van der Waals surface area contributed by atoms with Crippen LogP contribution >= 0.6 is 0 Å². The van der Waals surface area contributed by atoms with Crippen molar-refractivity contribution in [2.24, 2.45) is 0 Å². The summed E-state index contributed by atoms with van der Waals surface area (Å²) in [5.41, 5.74) is 8.64. The van der Waals surface area contributed by atoms with Crippen molar-refractivity contribution >= 4 is 16.8 Å². The van der Waals surface area contributed by atoms with Gasteiger partial charge in [0.25, 0.3) is 0 Å². The van der Waals surface area contributed by atoms with Crippen LogP contribution in [-0.2, 0) is 6.42 Å². The van der Waals surface area contributed by atoms with Crippen LogP contribution < -0.4 is 0 Å². The standard InChI is InChI=1S/C22H20/c1-3-16-13-21-15(2)11-12-20(22(21)14-16)19-10-6-8-17-7-4-5-9-18(17)19/h4-12,14H,3,13H2,1-2H3. The monoisotopic (exact) mass is 284 g/mol. The summed E-state index contributed by atoms with van der Waals surface area (Å²) in [6, 6.07) is 19.9. The summed E-state index contributed by atoms with van der Waals surface area (Å²) < 4.78 is 0. The summed E-state index contributed by atoms with van der Waals surface area (Å²) in [7, 11) is 0. The lowest BCUT2D eigenvalue weighted by atomic mass is 9.91. The van der Waals surface area contributed by atoms with Crippen LogP contribution in [0.4, 0.5) is 0 Å². The Balaban J connectivity index is 2.01. The number of benzene rings is 3. The summed E-state index contributed by atoms with van der Waals surface area (Å²) in [4.78, 5) is 0. The summed E-state index contributed by atoms with van der Waals surface area (Å²) in [5, 5.41) is 2.65. The zero-order valence-electron chi connectivity index (χ0n) is 13.2. The quantitative estimate of drug-likeness (QED) is 0.528. The van der Waals surface area contributed by atoms with Crippen LogP contribution in [0.3, 0.4) is 0 Å². The van der Waals surface area contributed by atoms with E-state index < -0.39 is 0 Å². The molecule has 0 bridgehead atoms. The lowest BCUT2D eigenvalue weighted by Gasteiger charge is -2.13. The van der Waals surface area contributed by atoms with Gasteiger partial charge in [0, 0.05) is 0 Å². The van der Waals surface area contributed by atoms with Crippen LogP contribution in [0.2, 0.25) is 0 Å². The molecular formula is C22H20. The van der Waals surface area contributed by atoms with E-state index in [1.54, 1.807) is 5.57 Å². The Kier molecular flexibility index (Phi) is 3.11. The van der Waals surface area contributed by atoms with Gasteiger partial charge < -0.3 is 0 Å². The maximum absolute atomic E-state index is 2.42. The number of rotatable bonds is 2. The minimum absolute atomic E-state index is 1.12. The van der Waals surface area contributed by atoms with Gasteiger partial charge in [-0.25, -0.2) is 0 Å². The van der Waals surface area contributed by atoms with E-state index in [1.165, 1.54) is 38.6 Å². The van der Waals surface area contributed by atoms with Crippen LogP contribution in [0, 0.1) is 6.92 Å². The molecule has 0 amide bonds. The first-order valence-electron chi connectivity index (χ1n) is 8.08. The van der Waals surface area contributed by atoms with Crippen molar-refractivity contribution in [1.82, 2.24) is 0 Å². The van der Waals surface area contributed by atoms with Gasteiger partial charge in [0.05, 0.1) is 0 Å². The molecule has 1 aliphatic rings. The van der Waals surface area contributed by atoms with Gasteiger partial charge >= 0.3 is 0 Å². The molecule has 0 fully saturated rings. The second-order valence-electron chi connectivity index (χ2n) is 6.18. The number of allylic oxidation sites excluding steroid dienone is 1. The number of hydrogen-bond donors (Lipinski definition) is 0. The van der Waals surface area contributed by atoms with E-state index in [4.69, 9.17) is 0 Å². The molecule has 0 atom stereocenters. The molecule has 0 aliphatic heterocycles. The average Bonchev–Trinajstić information content (AvgIpc) is 3.00. The molecule has 0 aromatic heterocycles. The Bertz CT molecular complexity index is 892. The van der Waals surface area contributed by atoms with E-state index >= 15 is 0 Å². The van der Waals surface area contributed by atoms with Crippen LogP contribution in [0.5, 0.6) is 0 Å². The molecule has 0 radical (unpaired) electrons. The first kappa shape index (κ1) is 13.3. The fourth-order valence-corrected chi connectivity index (χ4v) is 3.58. The van der Waals surface area contributed by atoms with Crippen LogP contribution in [0.15, 0.2) is 60.2 Å². The molecule has 0 spiro atoms. The van der Waals surface area contributed by atoms with Crippen molar-refractivity contribution in [2.75, 3.05) is 0 Å². The van der Waals surface area contributed by atoms with Crippen molar-refractivity contribution in [3.05, 3.63) is 76.9 Å². The molecule has 0 heteroatoms. The van der Waals surface area contributed by atoms with E-state index in [0.717, 1.165) is 12.8 Å². The molecule has 22 heavy (non-hydrogen) atoms. The topological polar surface area (TPSA) is 0 Å². The highest BCUT2D eigenvalue weighted by molar-refractivity contribution is 5.99. The van der Waals surface area contributed by atoms with Gasteiger partial charge in [0.15, 0.2) is 0 Å². The molecule has 1 aliphatic carbocycles. The lowest BCUT2D eigenvalue weighted by molar-refractivity contribution is 1.03. The number of hydrogen-bond acceptors (Lipinski definition) is 0. The Hall–Kier alpha value is -2.34. The van der Waals surface area contributed by atoms with E-state index in [1.807, 2.05) is 0 Å². The van der Waals surface area contributed by atoms with Gasteiger partial charge in [-0.1, -0.05) is 73.2 Å². The molecule has 3 aromatic carbocycles. The minimum atomic E-state index is 1.12. The molecular weight excluding hydrogens is 264 g/mol. The van der Waals surface area contributed by atoms with Gasteiger partial charge in [-0.3, -0.25) is 0 Å². The molecule has 0 unspecified atom stereocenters. The number of fused-ring (bicyclic) bond motifs is 2. The van der Waals surface area contributed by atoms with E-state index in [-0.39, 0.29) is 0 Å². The summed E-state index contributed by atoms with van der Waals surface area (Å²) >= 11 is 0. The van der Waals surface area contributed by atoms with Crippen LogP contribution in [-0.4, -0.2) is 0 Å². The van der Waals surface area contributed by atoms with Gasteiger partial charge in [0.1, 0.15) is 0 Å². The third-order valence-electron chi connectivity index (χ3n) is 4.88. The summed E-state index contributed by atoms with van der Waals surface area (Å²) in [6.45, 7) is 4.49. The maximum atomic E-state index is 2.42. The second-order valence-corrected chi connectivity index (χ2v) is 6.18. The molecule has 0 saturated heterocycles. The van der Waals surface area contributed by atoms with Crippen molar-refractivity contribution in [3.8, 4) is 11.1 Å². The van der Waals surface area contributed by atoms with Gasteiger partial charge in [-0.2, -0.15) is 0 Å². The molecule has 0 heterocycles. The highest BCUT2D eigenvalue weighted by Crippen LogP contribution is 2.39. The first-order chi connectivity index (χ1) is 10.8. The normalized spacial score (nSPS) is 13.3. The van der Waals surface area contributed by atoms with Crippen molar-refractivity contribution in [1.29, 1.82) is 0 Å². The van der Waals surface area contributed by atoms with E-state index in [9.17, 15) is 0 Å². The molecule has 0 N–H and O–H groups in total. The average molecular weight is 284 g/mol. The van der Waals surface area contributed by atoms with Crippen LogP contribution in [0.25, 0.3) is 28.0 Å². The lowest BCUT2D eigenvalue weighted by Crippen LogP contribution is -1.92. The molecule has 0 saturated carbocycles. The third kappa shape index (κ3) is 1.99. The Morgan fingerprint density at radius 2 is 1.68 bits per heavy atom.